The van der Waals surface area contributed by atoms with Crippen molar-refractivity contribution in [2.45, 2.75) is 75.5 Å². The van der Waals surface area contributed by atoms with Crippen molar-refractivity contribution in [3.05, 3.63) is 42.0 Å². The molecule has 1 aliphatic carbocycles. The second-order valence-electron chi connectivity index (χ2n) is 9.05. The van der Waals surface area contributed by atoms with Gasteiger partial charge in [0.1, 0.15) is 5.75 Å². The zero-order chi connectivity index (χ0) is 21.8. The number of hydrogen-bond donors (Lipinski definition) is 3. The predicted octanol–water partition coefficient (Wildman–Crippen LogP) is 3.24. The molecule has 2 fully saturated rings. The van der Waals surface area contributed by atoms with E-state index in [2.05, 4.69) is 22.8 Å². The van der Waals surface area contributed by atoms with Gasteiger partial charge in [0, 0.05) is 29.8 Å². The number of ether oxygens (including phenoxy) is 1. The SMILES string of the molecule is COc1ccc(C[C@]2(CCC(=O)NC3CCC(O)CC3)CCC(=O)N2)c2ccccc12. The lowest BCUT2D eigenvalue weighted by Gasteiger charge is -2.31. The molecule has 166 valence electrons. The number of rotatable bonds is 7. The zero-order valence-corrected chi connectivity index (χ0v) is 18.2. The maximum Gasteiger partial charge on any atom is 0.220 e. The number of methoxy groups -OCH3 is 1. The van der Waals surface area contributed by atoms with Gasteiger partial charge in [0.25, 0.3) is 0 Å². The monoisotopic (exact) mass is 424 g/mol. The van der Waals surface area contributed by atoms with Crippen molar-refractivity contribution in [3.63, 3.8) is 0 Å². The van der Waals surface area contributed by atoms with E-state index in [4.69, 9.17) is 4.74 Å². The lowest BCUT2D eigenvalue weighted by atomic mass is 9.83. The summed E-state index contributed by atoms with van der Waals surface area (Å²) in [4.78, 5) is 24.8. The summed E-state index contributed by atoms with van der Waals surface area (Å²) in [5.41, 5.74) is 0.745. The van der Waals surface area contributed by atoms with Crippen LogP contribution < -0.4 is 15.4 Å². The largest absolute Gasteiger partial charge is 0.496 e. The second kappa shape index (κ2) is 9.27. The molecule has 31 heavy (non-hydrogen) atoms. The number of fused-ring (bicyclic) bond motifs is 1. The van der Waals surface area contributed by atoms with Crippen LogP contribution in [-0.4, -0.2) is 41.7 Å². The van der Waals surface area contributed by atoms with E-state index in [0.29, 0.717) is 25.7 Å². The minimum atomic E-state index is -0.408. The first kappa shape index (κ1) is 21.6. The molecular weight excluding hydrogens is 392 g/mol. The van der Waals surface area contributed by atoms with Crippen molar-refractivity contribution in [3.8, 4) is 5.75 Å². The third kappa shape index (κ3) is 5.01. The van der Waals surface area contributed by atoms with Crippen molar-refractivity contribution in [2.75, 3.05) is 7.11 Å². The highest BCUT2D eigenvalue weighted by molar-refractivity contribution is 5.91. The zero-order valence-electron chi connectivity index (χ0n) is 18.2. The van der Waals surface area contributed by atoms with Gasteiger partial charge in [-0.2, -0.15) is 0 Å². The molecule has 2 aromatic carbocycles. The molecule has 0 aromatic heterocycles. The average molecular weight is 425 g/mol. The van der Waals surface area contributed by atoms with Crippen LogP contribution in [0, 0.1) is 0 Å². The Morgan fingerprint density at radius 1 is 1.16 bits per heavy atom. The molecule has 1 heterocycles. The van der Waals surface area contributed by atoms with Gasteiger partial charge < -0.3 is 20.5 Å². The van der Waals surface area contributed by atoms with Gasteiger partial charge in [-0.15, -0.1) is 0 Å². The Labute approximate surface area is 183 Å². The first-order valence-electron chi connectivity index (χ1n) is 11.3. The van der Waals surface area contributed by atoms with E-state index in [1.807, 2.05) is 24.3 Å². The number of aliphatic hydroxyl groups excluding tert-OH is 1. The molecule has 1 saturated carbocycles. The van der Waals surface area contributed by atoms with Crippen molar-refractivity contribution >= 4 is 22.6 Å². The van der Waals surface area contributed by atoms with Crippen LogP contribution in [0.4, 0.5) is 0 Å². The highest BCUT2D eigenvalue weighted by atomic mass is 16.5. The first-order chi connectivity index (χ1) is 15.0. The van der Waals surface area contributed by atoms with Crippen LogP contribution in [0.5, 0.6) is 5.75 Å². The molecule has 1 aliphatic heterocycles. The van der Waals surface area contributed by atoms with Crippen LogP contribution in [0.25, 0.3) is 10.8 Å². The third-order valence-corrected chi connectivity index (χ3v) is 6.85. The maximum atomic E-state index is 12.6. The molecule has 0 radical (unpaired) electrons. The van der Waals surface area contributed by atoms with Crippen molar-refractivity contribution in [1.82, 2.24) is 10.6 Å². The number of aliphatic hydroxyl groups is 1. The topological polar surface area (TPSA) is 87.7 Å². The molecule has 0 unspecified atom stereocenters. The third-order valence-electron chi connectivity index (χ3n) is 6.85. The van der Waals surface area contributed by atoms with E-state index in [0.717, 1.165) is 54.2 Å². The Morgan fingerprint density at radius 2 is 1.90 bits per heavy atom. The highest BCUT2D eigenvalue weighted by Crippen LogP contribution is 2.35. The molecule has 6 heteroatoms. The van der Waals surface area contributed by atoms with E-state index in [1.54, 1.807) is 7.11 Å². The number of nitrogens with one attached hydrogen (secondary N) is 2. The molecule has 0 bridgehead atoms. The summed E-state index contributed by atoms with van der Waals surface area (Å²) in [7, 11) is 1.67. The van der Waals surface area contributed by atoms with Gasteiger partial charge in [-0.05, 0) is 62.0 Å². The van der Waals surface area contributed by atoms with Crippen LogP contribution in [0.1, 0.15) is 56.9 Å². The van der Waals surface area contributed by atoms with E-state index in [9.17, 15) is 14.7 Å². The van der Waals surface area contributed by atoms with Crippen molar-refractivity contribution in [2.24, 2.45) is 0 Å². The molecule has 0 spiro atoms. The van der Waals surface area contributed by atoms with Crippen LogP contribution in [0.3, 0.4) is 0 Å². The summed E-state index contributed by atoms with van der Waals surface area (Å²) in [5.74, 6) is 0.918. The van der Waals surface area contributed by atoms with E-state index < -0.39 is 5.54 Å². The van der Waals surface area contributed by atoms with Crippen LogP contribution in [-0.2, 0) is 16.0 Å². The quantitative estimate of drug-likeness (QED) is 0.637. The average Bonchev–Trinajstić information content (AvgIpc) is 3.15. The van der Waals surface area contributed by atoms with E-state index >= 15 is 0 Å². The minimum absolute atomic E-state index is 0.0292. The number of amides is 2. The smallest absolute Gasteiger partial charge is 0.220 e. The minimum Gasteiger partial charge on any atom is -0.496 e. The summed E-state index contributed by atoms with van der Waals surface area (Å²) >= 11 is 0. The molecule has 6 nitrogen and oxygen atoms in total. The summed E-state index contributed by atoms with van der Waals surface area (Å²) in [6.45, 7) is 0. The molecule has 2 amide bonds. The van der Waals surface area contributed by atoms with Gasteiger partial charge in [0.15, 0.2) is 0 Å². The normalized spacial score (nSPS) is 25.9. The standard InChI is InChI=1S/C25H32N2O4/c1-31-22-11-6-17(20-4-2-3-5-21(20)22)16-25(15-13-24(30)27-25)14-12-23(29)26-18-7-9-19(28)10-8-18/h2-6,11,18-19,28H,7-10,12-16H2,1H3,(H,26,29)(H,27,30)/t18?,19?,25-/m0/s1. The number of carbonyl (C=O) groups is 2. The fourth-order valence-electron chi connectivity index (χ4n) is 5.09. The molecule has 2 aliphatic rings. The highest BCUT2D eigenvalue weighted by Gasteiger charge is 2.38. The number of benzene rings is 2. The van der Waals surface area contributed by atoms with E-state index in [-0.39, 0.29) is 24.0 Å². The fourth-order valence-corrected chi connectivity index (χ4v) is 5.09. The fraction of sp³-hybridized carbons (Fsp3) is 0.520. The number of carbonyl (C=O) groups excluding carboxylic acids is 2. The van der Waals surface area contributed by atoms with Gasteiger partial charge >= 0.3 is 0 Å². The molecular formula is C25H32N2O4. The molecule has 4 rings (SSSR count). The molecule has 1 atom stereocenters. The van der Waals surface area contributed by atoms with Gasteiger partial charge in [-0.1, -0.05) is 30.3 Å². The Morgan fingerprint density at radius 3 is 2.58 bits per heavy atom. The van der Waals surface area contributed by atoms with Crippen LogP contribution in [0.2, 0.25) is 0 Å². The molecule has 3 N–H and O–H groups in total. The Kier molecular flexibility index (Phi) is 6.46. The van der Waals surface area contributed by atoms with Crippen LogP contribution >= 0.6 is 0 Å². The van der Waals surface area contributed by atoms with E-state index in [1.165, 1.54) is 0 Å². The summed E-state index contributed by atoms with van der Waals surface area (Å²) in [6.07, 6.45) is 5.82. The molecule has 2 aromatic rings. The lowest BCUT2D eigenvalue weighted by molar-refractivity contribution is -0.123. The Bertz CT molecular complexity index is 952. The predicted molar refractivity (Wildman–Crippen MR) is 120 cm³/mol. The Hall–Kier alpha value is -2.60. The lowest BCUT2D eigenvalue weighted by Crippen LogP contribution is -2.45. The van der Waals surface area contributed by atoms with Crippen LogP contribution in [0.15, 0.2) is 36.4 Å². The van der Waals surface area contributed by atoms with Gasteiger partial charge in [-0.25, -0.2) is 0 Å². The van der Waals surface area contributed by atoms with Gasteiger partial charge in [0.05, 0.1) is 13.2 Å². The van der Waals surface area contributed by atoms with Crippen molar-refractivity contribution in [1.29, 1.82) is 0 Å². The van der Waals surface area contributed by atoms with Gasteiger partial charge in [0.2, 0.25) is 11.8 Å². The summed E-state index contributed by atoms with van der Waals surface area (Å²) in [6, 6.07) is 12.3. The summed E-state index contributed by atoms with van der Waals surface area (Å²) < 4.78 is 5.51. The molecule has 1 saturated heterocycles. The second-order valence-corrected chi connectivity index (χ2v) is 9.05. The maximum absolute atomic E-state index is 12.6. The van der Waals surface area contributed by atoms with Gasteiger partial charge in [-0.3, -0.25) is 9.59 Å². The first-order valence-corrected chi connectivity index (χ1v) is 11.3. The summed E-state index contributed by atoms with van der Waals surface area (Å²) in [5, 5.41) is 18.1. The Balaban J connectivity index is 1.47. The number of hydrogen-bond acceptors (Lipinski definition) is 4. The van der Waals surface area contributed by atoms with Crippen molar-refractivity contribution < 1.29 is 19.4 Å².